The molecular weight excluding hydrogens is 852 g/mol. The molecule has 0 radical (unpaired) electrons. The predicted octanol–water partition coefficient (Wildman–Crippen LogP) is 15.2. The molecule has 0 fully saturated rings. The van der Waals surface area contributed by atoms with Crippen LogP contribution in [0, 0.1) is 0 Å². The Morgan fingerprint density at radius 3 is 1.39 bits per heavy atom. The van der Waals surface area contributed by atoms with Crippen molar-refractivity contribution in [1.29, 1.82) is 0 Å². The van der Waals surface area contributed by atoms with Crippen LogP contribution in [0.4, 0.5) is 0 Å². The lowest BCUT2D eigenvalue weighted by Crippen LogP contribution is -2.45. The van der Waals surface area contributed by atoms with E-state index in [4.69, 9.17) is 9.05 Å². The van der Waals surface area contributed by atoms with Gasteiger partial charge in [-0.15, -0.1) is 0 Å². The molecule has 0 aromatic rings. The molecule has 9 heteroatoms. The second kappa shape index (κ2) is 47.9. The van der Waals surface area contributed by atoms with Crippen LogP contribution in [-0.4, -0.2) is 68.5 Å². The number of unbranched alkanes of at least 4 members (excludes halogenated alkanes) is 15. The maximum absolute atomic E-state index is 12.8. The van der Waals surface area contributed by atoms with E-state index in [0.29, 0.717) is 17.4 Å². The number of phosphoric acid groups is 1. The molecule has 0 heterocycles. The lowest BCUT2D eigenvalue weighted by molar-refractivity contribution is -0.870. The average Bonchev–Trinajstić information content (AvgIpc) is 3.29. The number of hydrogen-bond acceptors (Lipinski definition) is 6. The van der Waals surface area contributed by atoms with E-state index in [0.717, 1.165) is 96.3 Å². The molecule has 3 atom stereocenters. The summed E-state index contributed by atoms with van der Waals surface area (Å²) < 4.78 is 23.1. The van der Waals surface area contributed by atoms with Gasteiger partial charge in [-0.25, -0.2) is 0 Å². The largest absolute Gasteiger partial charge is 0.756 e. The van der Waals surface area contributed by atoms with Crippen LogP contribution in [-0.2, 0) is 18.4 Å². The number of aliphatic hydroxyl groups is 1. The molecule has 3 unspecified atom stereocenters. The standard InChI is InChI=1S/C58H99N2O6P/c1-6-8-10-12-14-16-17-18-19-20-21-22-23-24-25-26-27-28-29-30-31-32-33-34-35-36-37-38-39-40-41-42-43-44-46-48-50-52-58(62)59-56(55-66-67(63,64)65-54-53-60(3,4)5)57(61)51-49-47-45-15-13-11-9-7-2/h8,10,13-16,18-19,21-22,24-25,27-28,30-31,33-34,49,51,56-57,61H,6-7,9,11-12,17,20,23,26,29,32,35-48,50,52-55H2,1-5H3,(H-,59,62,63,64)/b10-8-,15-13+,16-14-,19-18-,22-21-,25-24-,28-27-,31-30-,34-33-,51-49+. The monoisotopic (exact) mass is 951 g/mol. The molecule has 0 aromatic heterocycles. The van der Waals surface area contributed by atoms with Gasteiger partial charge in [0.2, 0.25) is 5.91 Å². The van der Waals surface area contributed by atoms with Crippen molar-refractivity contribution in [2.75, 3.05) is 40.9 Å². The Labute approximate surface area is 412 Å². The molecular formula is C58H99N2O6P. The molecule has 1 amide bonds. The van der Waals surface area contributed by atoms with Crippen molar-refractivity contribution in [3.8, 4) is 0 Å². The number of rotatable bonds is 46. The Morgan fingerprint density at radius 2 is 0.925 bits per heavy atom. The summed E-state index contributed by atoms with van der Waals surface area (Å²) in [7, 11) is 1.22. The number of quaternary nitrogens is 1. The second-order valence-corrected chi connectivity index (χ2v) is 19.9. The fourth-order valence-corrected chi connectivity index (χ4v) is 7.48. The summed E-state index contributed by atoms with van der Waals surface area (Å²) in [5.74, 6) is -0.219. The number of phosphoric ester groups is 1. The van der Waals surface area contributed by atoms with E-state index in [-0.39, 0.29) is 12.5 Å². The van der Waals surface area contributed by atoms with Crippen molar-refractivity contribution >= 4 is 13.7 Å². The Bertz CT molecular complexity index is 1500. The van der Waals surface area contributed by atoms with Gasteiger partial charge in [0.15, 0.2) is 0 Å². The molecule has 8 nitrogen and oxygen atoms in total. The zero-order valence-corrected chi connectivity index (χ0v) is 44.2. The third-order valence-corrected chi connectivity index (χ3v) is 11.9. The summed E-state index contributed by atoms with van der Waals surface area (Å²) in [5, 5.41) is 13.7. The molecule has 382 valence electrons. The third kappa shape index (κ3) is 50.6. The van der Waals surface area contributed by atoms with Crippen LogP contribution >= 0.6 is 7.82 Å². The van der Waals surface area contributed by atoms with Gasteiger partial charge in [-0.1, -0.05) is 212 Å². The van der Waals surface area contributed by atoms with Crippen LogP contribution in [0.5, 0.6) is 0 Å². The first-order valence-corrected chi connectivity index (χ1v) is 27.9. The highest BCUT2D eigenvalue weighted by molar-refractivity contribution is 7.45. The number of likely N-dealkylation sites (N-methyl/N-ethyl adjacent to an activating group) is 1. The minimum absolute atomic E-state index is 0.0125. The van der Waals surface area contributed by atoms with E-state index in [1.54, 1.807) is 6.08 Å². The minimum atomic E-state index is -4.60. The average molecular weight is 951 g/mol. The van der Waals surface area contributed by atoms with Gasteiger partial charge in [0.1, 0.15) is 13.2 Å². The summed E-state index contributed by atoms with van der Waals surface area (Å²) in [5.41, 5.74) is 0. The fourth-order valence-electron chi connectivity index (χ4n) is 6.76. The lowest BCUT2D eigenvalue weighted by Gasteiger charge is -2.29. The van der Waals surface area contributed by atoms with Gasteiger partial charge >= 0.3 is 0 Å². The van der Waals surface area contributed by atoms with Crippen LogP contribution in [0.2, 0.25) is 0 Å². The normalized spacial score (nSPS) is 15.0. The second-order valence-electron chi connectivity index (χ2n) is 18.5. The van der Waals surface area contributed by atoms with Gasteiger partial charge in [-0.2, -0.15) is 0 Å². The highest BCUT2D eigenvalue weighted by Crippen LogP contribution is 2.38. The molecule has 0 aliphatic heterocycles. The SMILES string of the molecule is CC/C=C\C/C=C\C/C=C\C/C=C\C/C=C\C/C=C\C/C=C\C/C=C\CCCCCCCCCCCCCCC(=O)NC(COP(=O)([O-])OCC[N+](C)(C)C)C(O)/C=C/CC/C=C/CCCC. The van der Waals surface area contributed by atoms with Gasteiger partial charge in [0.25, 0.3) is 7.82 Å². The topological polar surface area (TPSA) is 108 Å². The summed E-state index contributed by atoms with van der Waals surface area (Å²) in [6.45, 7) is 4.40. The Kier molecular flexibility index (Phi) is 45.7. The van der Waals surface area contributed by atoms with Crippen LogP contribution in [0.1, 0.15) is 187 Å². The third-order valence-electron chi connectivity index (χ3n) is 10.9. The Balaban J connectivity index is 4.01. The number of hydrogen-bond donors (Lipinski definition) is 2. The van der Waals surface area contributed by atoms with Crippen molar-refractivity contribution in [3.05, 3.63) is 122 Å². The number of allylic oxidation sites excluding steroid dienone is 19. The van der Waals surface area contributed by atoms with E-state index >= 15 is 0 Å². The summed E-state index contributed by atoms with van der Waals surface area (Å²) in [6.07, 6.45) is 71.6. The molecule has 2 N–H and O–H groups in total. The summed E-state index contributed by atoms with van der Waals surface area (Å²) in [6, 6.07) is -0.909. The highest BCUT2D eigenvalue weighted by Gasteiger charge is 2.23. The van der Waals surface area contributed by atoms with Crippen molar-refractivity contribution in [3.63, 3.8) is 0 Å². The molecule has 0 aliphatic rings. The molecule has 0 aromatic carbocycles. The van der Waals surface area contributed by atoms with Crippen molar-refractivity contribution in [1.82, 2.24) is 5.32 Å². The van der Waals surface area contributed by atoms with Crippen molar-refractivity contribution < 1.29 is 32.9 Å². The number of carbonyl (C=O) groups is 1. The maximum atomic E-state index is 12.8. The first-order chi connectivity index (χ1) is 32.5. The molecule has 0 aliphatic carbocycles. The first-order valence-electron chi connectivity index (χ1n) is 26.4. The van der Waals surface area contributed by atoms with E-state index in [1.165, 1.54) is 70.6 Å². The van der Waals surface area contributed by atoms with E-state index in [2.05, 4.69) is 129 Å². The van der Waals surface area contributed by atoms with Crippen LogP contribution < -0.4 is 10.2 Å². The first kappa shape index (κ1) is 63.9. The van der Waals surface area contributed by atoms with Crippen LogP contribution in [0.15, 0.2) is 122 Å². The zero-order valence-electron chi connectivity index (χ0n) is 43.3. The van der Waals surface area contributed by atoms with E-state index in [1.807, 2.05) is 27.2 Å². The smallest absolute Gasteiger partial charge is 0.268 e. The molecule has 0 bridgehead atoms. The quantitative estimate of drug-likeness (QED) is 0.0272. The van der Waals surface area contributed by atoms with Crippen molar-refractivity contribution in [2.24, 2.45) is 0 Å². The van der Waals surface area contributed by atoms with E-state index in [9.17, 15) is 19.4 Å². The highest BCUT2D eigenvalue weighted by atomic mass is 31.2. The number of nitrogens with zero attached hydrogens (tertiary/aromatic N) is 1. The number of amides is 1. The van der Waals surface area contributed by atoms with Gasteiger partial charge in [-0.05, 0) is 89.9 Å². The molecule has 0 saturated carbocycles. The maximum Gasteiger partial charge on any atom is 0.268 e. The predicted molar refractivity (Wildman–Crippen MR) is 288 cm³/mol. The molecule has 0 saturated heterocycles. The zero-order chi connectivity index (χ0) is 49.2. The fraction of sp³-hybridized carbons (Fsp3) is 0.638. The summed E-state index contributed by atoms with van der Waals surface area (Å²) >= 11 is 0. The number of aliphatic hydroxyl groups excluding tert-OH is 1. The van der Waals surface area contributed by atoms with Crippen LogP contribution in [0.3, 0.4) is 0 Å². The number of carbonyl (C=O) groups excluding carboxylic acids is 1. The molecule has 67 heavy (non-hydrogen) atoms. The van der Waals surface area contributed by atoms with Gasteiger partial charge in [-0.3, -0.25) is 9.36 Å². The van der Waals surface area contributed by atoms with E-state index < -0.39 is 26.6 Å². The lowest BCUT2D eigenvalue weighted by atomic mass is 10.0. The molecule has 0 spiro atoms. The number of nitrogens with one attached hydrogen (secondary N) is 1. The van der Waals surface area contributed by atoms with Crippen molar-refractivity contribution in [2.45, 2.75) is 199 Å². The van der Waals surface area contributed by atoms with Gasteiger partial charge in [0.05, 0.1) is 39.9 Å². The minimum Gasteiger partial charge on any atom is -0.756 e. The van der Waals surface area contributed by atoms with Gasteiger partial charge < -0.3 is 28.8 Å². The van der Waals surface area contributed by atoms with Gasteiger partial charge in [0, 0.05) is 6.42 Å². The molecule has 0 rings (SSSR count). The summed E-state index contributed by atoms with van der Waals surface area (Å²) in [4.78, 5) is 25.3. The Hall–Kier alpha value is -3.10. The Morgan fingerprint density at radius 1 is 0.537 bits per heavy atom. The van der Waals surface area contributed by atoms with Crippen LogP contribution in [0.25, 0.3) is 0 Å².